The lowest BCUT2D eigenvalue weighted by atomic mass is 10.1. The van der Waals surface area contributed by atoms with Crippen molar-refractivity contribution >= 4 is 45.3 Å². The van der Waals surface area contributed by atoms with Gasteiger partial charge in [0, 0.05) is 30.2 Å². The van der Waals surface area contributed by atoms with Gasteiger partial charge in [-0.2, -0.15) is 0 Å². The normalized spacial score (nSPS) is 11.3. The highest BCUT2D eigenvalue weighted by Crippen LogP contribution is 2.23. The summed E-state index contributed by atoms with van der Waals surface area (Å²) in [6.45, 7) is 4.55. The van der Waals surface area contributed by atoms with Gasteiger partial charge in [-0.1, -0.05) is 17.7 Å². The minimum absolute atomic E-state index is 0.526. The van der Waals surface area contributed by atoms with Gasteiger partial charge < -0.3 is 16.0 Å². The largest absolute Gasteiger partial charge is 0.384 e. The number of imidazole rings is 1. The maximum Gasteiger partial charge on any atom is 0.183 e. The molecule has 0 aliphatic carbocycles. The molecule has 0 fully saturated rings. The Morgan fingerprint density at radius 1 is 1.06 bits per heavy atom. The van der Waals surface area contributed by atoms with Gasteiger partial charge in [0.1, 0.15) is 23.5 Å². The zero-order valence-corrected chi connectivity index (χ0v) is 18.4. The van der Waals surface area contributed by atoms with Crippen molar-refractivity contribution in [3.8, 4) is 0 Å². The van der Waals surface area contributed by atoms with Crippen LogP contribution in [0.1, 0.15) is 28.2 Å². The predicted octanol–water partition coefficient (Wildman–Crippen LogP) is 4.35. The molecule has 0 atom stereocenters. The average molecular weight is 445 g/mol. The number of H-pyrrole nitrogens is 1. The number of aryl methyl sites for hydroxylation is 2. The Balaban J connectivity index is 1.41. The molecule has 1 aromatic carbocycles. The molecule has 9 heteroatoms. The summed E-state index contributed by atoms with van der Waals surface area (Å²) in [5, 5.41) is 5.00. The molecule has 0 bridgehead atoms. The molecule has 0 aliphatic rings. The van der Waals surface area contributed by atoms with Crippen LogP contribution < -0.4 is 11.1 Å². The number of aromatic amines is 1. The van der Waals surface area contributed by atoms with Crippen molar-refractivity contribution in [3.63, 3.8) is 0 Å². The van der Waals surface area contributed by atoms with Crippen molar-refractivity contribution in [2.24, 2.45) is 0 Å². The van der Waals surface area contributed by atoms with Crippen LogP contribution in [0.25, 0.3) is 22.1 Å². The topological polar surface area (TPSA) is 118 Å². The van der Waals surface area contributed by atoms with Crippen molar-refractivity contribution in [3.05, 3.63) is 76.1 Å². The summed E-state index contributed by atoms with van der Waals surface area (Å²) < 4.78 is 0. The molecule has 5 aromatic rings. The molecule has 0 saturated heterocycles. The maximum absolute atomic E-state index is 6.09. The molecule has 5 rings (SSSR count). The average Bonchev–Trinajstić information content (AvgIpc) is 3.16. The van der Waals surface area contributed by atoms with Gasteiger partial charge in [-0.3, -0.25) is 4.98 Å². The first-order valence-electron chi connectivity index (χ1n) is 10.2. The number of hydrogen-bond acceptors (Lipinski definition) is 7. The van der Waals surface area contributed by atoms with Crippen molar-refractivity contribution in [2.45, 2.75) is 26.8 Å². The molecule has 0 spiro atoms. The highest BCUT2D eigenvalue weighted by molar-refractivity contribution is 6.31. The minimum atomic E-state index is 0.526. The van der Waals surface area contributed by atoms with Crippen LogP contribution in [0.5, 0.6) is 0 Å². The molecule has 4 aromatic heterocycles. The standard InChI is InChI=1S/C23H21ClN8/c1-12-5-19(25)30-13(2)17(12)10-27-22-21-23(29-11-28-22)32-20(31-21)7-14-3-4-18-15(6-14)8-16(24)9-26-18/h3-6,8-9,11H,7,10H2,1-2H3,(H2,25,30)(H2,27,28,29,31,32). The summed E-state index contributed by atoms with van der Waals surface area (Å²) >= 11 is 6.09. The van der Waals surface area contributed by atoms with Gasteiger partial charge in [0.15, 0.2) is 11.5 Å². The molecule has 0 aliphatic heterocycles. The molecule has 160 valence electrons. The highest BCUT2D eigenvalue weighted by atomic mass is 35.5. The summed E-state index contributed by atoms with van der Waals surface area (Å²) in [4.78, 5) is 25.5. The van der Waals surface area contributed by atoms with Crippen LogP contribution >= 0.6 is 11.6 Å². The van der Waals surface area contributed by atoms with E-state index in [2.05, 4.69) is 41.3 Å². The van der Waals surface area contributed by atoms with E-state index in [0.29, 0.717) is 35.3 Å². The number of halogens is 1. The van der Waals surface area contributed by atoms with Gasteiger partial charge in [0.2, 0.25) is 0 Å². The molecule has 0 saturated carbocycles. The monoisotopic (exact) mass is 444 g/mol. The summed E-state index contributed by atoms with van der Waals surface area (Å²) in [6.07, 6.45) is 3.79. The van der Waals surface area contributed by atoms with E-state index in [1.54, 1.807) is 6.20 Å². The Morgan fingerprint density at radius 2 is 1.94 bits per heavy atom. The SMILES string of the molecule is Cc1cc(N)nc(C)c1CNc1ncnc2nc(Cc3ccc4ncc(Cl)cc4c3)[nH]c12. The van der Waals surface area contributed by atoms with Gasteiger partial charge in [0.25, 0.3) is 0 Å². The van der Waals surface area contributed by atoms with Gasteiger partial charge in [-0.15, -0.1) is 0 Å². The first-order valence-corrected chi connectivity index (χ1v) is 10.5. The maximum atomic E-state index is 6.09. The zero-order valence-electron chi connectivity index (χ0n) is 17.6. The first kappa shape index (κ1) is 20.1. The van der Waals surface area contributed by atoms with E-state index < -0.39 is 0 Å². The van der Waals surface area contributed by atoms with Crippen LogP contribution in [0.4, 0.5) is 11.6 Å². The number of nitrogens with zero attached hydrogens (tertiary/aromatic N) is 5. The first-order chi connectivity index (χ1) is 15.5. The smallest absolute Gasteiger partial charge is 0.183 e. The number of hydrogen-bond donors (Lipinski definition) is 3. The Bertz CT molecular complexity index is 1440. The predicted molar refractivity (Wildman–Crippen MR) is 127 cm³/mol. The Hall–Kier alpha value is -3.78. The lowest BCUT2D eigenvalue weighted by molar-refractivity contribution is 1.02. The number of benzene rings is 1. The zero-order chi connectivity index (χ0) is 22.2. The molecular formula is C23H21ClN8. The molecule has 0 amide bonds. The third-order valence-corrected chi connectivity index (χ3v) is 5.63. The number of nitrogens with one attached hydrogen (secondary N) is 2. The second-order valence-corrected chi connectivity index (χ2v) is 8.18. The number of nitrogen functional groups attached to an aromatic ring is 1. The quantitative estimate of drug-likeness (QED) is 0.368. The van der Waals surface area contributed by atoms with Crippen molar-refractivity contribution < 1.29 is 0 Å². The molecule has 8 nitrogen and oxygen atoms in total. The molecule has 32 heavy (non-hydrogen) atoms. The number of anilines is 2. The number of fused-ring (bicyclic) bond motifs is 2. The lowest BCUT2D eigenvalue weighted by Gasteiger charge is -2.12. The van der Waals surface area contributed by atoms with Crippen LogP contribution in [-0.4, -0.2) is 29.9 Å². The summed E-state index contributed by atoms with van der Waals surface area (Å²) in [6, 6.07) is 9.89. The molecular weight excluding hydrogens is 424 g/mol. The number of rotatable bonds is 5. The number of aromatic nitrogens is 6. The Kier molecular flexibility index (Phi) is 5.07. The second kappa shape index (κ2) is 8.05. The summed E-state index contributed by atoms with van der Waals surface area (Å²) in [5.74, 6) is 2.02. The fourth-order valence-corrected chi connectivity index (χ4v) is 4.04. The van der Waals surface area contributed by atoms with E-state index in [0.717, 1.165) is 44.6 Å². The highest BCUT2D eigenvalue weighted by Gasteiger charge is 2.12. The van der Waals surface area contributed by atoms with E-state index in [-0.39, 0.29) is 0 Å². The Morgan fingerprint density at radius 3 is 2.78 bits per heavy atom. The van der Waals surface area contributed by atoms with E-state index in [9.17, 15) is 0 Å². The van der Waals surface area contributed by atoms with Gasteiger partial charge in [-0.25, -0.2) is 19.9 Å². The number of nitrogens with two attached hydrogens (primary N) is 1. The van der Waals surface area contributed by atoms with Crippen molar-refractivity contribution in [1.82, 2.24) is 29.9 Å². The van der Waals surface area contributed by atoms with Crippen LogP contribution in [0.3, 0.4) is 0 Å². The third kappa shape index (κ3) is 3.92. The fraction of sp³-hybridized carbons (Fsp3) is 0.174. The van der Waals surface area contributed by atoms with E-state index >= 15 is 0 Å². The minimum Gasteiger partial charge on any atom is -0.384 e. The molecule has 4 N–H and O–H groups in total. The number of pyridine rings is 2. The van der Waals surface area contributed by atoms with Gasteiger partial charge >= 0.3 is 0 Å². The van der Waals surface area contributed by atoms with Gasteiger partial charge in [-0.05, 0) is 54.8 Å². The molecule has 0 unspecified atom stereocenters. The van der Waals surface area contributed by atoms with Gasteiger partial charge in [0.05, 0.1) is 10.5 Å². The van der Waals surface area contributed by atoms with Crippen LogP contribution in [0.15, 0.2) is 42.9 Å². The van der Waals surface area contributed by atoms with Crippen LogP contribution in [0.2, 0.25) is 5.02 Å². The summed E-state index contributed by atoms with van der Waals surface area (Å²) in [5.41, 5.74) is 12.3. The molecule has 4 heterocycles. The van der Waals surface area contributed by atoms with Crippen LogP contribution in [0, 0.1) is 13.8 Å². The molecule has 0 radical (unpaired) electrons. The van der Waals surface area contributed by atoms with Crippen molar-refractivity contribution in [2.75, 3.05) is 11.1 Å². The second-order valence-electron chi connectivity index (χ2n) is 7.74. The van der Waals surface area contributed by atoms with E-state index in [4.69, 9.17) is 17.3 Å². The summed E-state index contributed by atoms with van der Waals surface area (Å²) in [7, 11) is 0. The fourth-order valence-electron chi connectivity index (χ4n) is 3.88. The van der Waals surface area contributed by atoms with E-state index in [1.807, 2.05) is 38.1 Å². The van der Waals surface area contributed by atoms with E-state index in [1.165, 1.54) is 6.33 Å². The third-order valence-electron chi connectivity index (χ3n) is 5.43. The lowest BCUT2D eigenvalue weighted by Crippen LogP contribution is -2.08. The van der Waals surface area contributed by atoms with Crippen LogP contribution in [-0.2, 0) is 13.0 Å². The van der Waals surface area contributed by atoms with Crippen molar-refractivity contribution in [1.29, 1.82) is 0 Å². The Labute approximate surface area is 189 Å².